The molecule has 2 aromatic rings. The number of halogens is 1. The molecule has 2 heterocycles. The maximum absolute atomic E-state index is 13.3. The third-order valence-corrected chi connectivity index (χ3v) is 7.32. The molecule has 4 amide bonds. The SMILES string of the molecule is Cc1cc2c(cc1/C=C1\C(=O)NC(=O)N(c3ccc(Br)cc3C)C1=O)[C@@H](C)CC(C)(C)N2C. The zero-order chi connectivity index (χ0) is 24.2. The van der Waals surface area contributed by atoms with Crippen molar-refractivity contribution < 1.29 is 14.4 Å². The van der Waals surface area contributed by atoms with Crippen molar-refractivity contribution in [3.05, 3.63) is 62.6 Å². The Labute approximate surface area is 202 Å². The van der Waals surface area contributed by atoms with Gasteiger partial charge in [-0.25, -0.2) is 9.69 Å². The van der Waals surface area contributed by atoms with E-state index in [1.54, 1.807) is 18.2 Å². The zero-order valence-electron chi connectivity index (χ0n) is 19.7. The molecule has 1 fully saturated rings. The highest BCUT2D eigenvalue weighted by Crippen LogP contribution is 2.43. The van der Waals surface area contributed by atoms with Crippen LogP contribution in [0.2, 0.25) is 0 Å². The summed E-state index contributed by atoms with van der Waals surface area (Å²) in [6.07, 6.45) is 2.60. The Morgan fingerprint density at radius 1 is 1.06 bits per heavy atom. The molecule has 0 spiro atoms. The fourth-order valence-corrected chi connectivity index (χ4v) is 5.27. The predicted octanol–water partition coefficient (Wildman–Crippen LogP) is 5.45. The summed E-state index contributed by atoms with van der Waals surface area (Å²) in [4.78, 5) is 41.9. The highest BCUT2D eigenvalue weighted by molar-refractivity contribution is 9.10. The van der Waals surface area contributed by atoms with Gasteiger partial charge in [0.2, 0.25) is 0 Å². The Morgan fingerprint density at radius 2 is 1.76 bits per heavy atom. The summed E-state index contributed by atoms with van der Waals surface area (Å²) in [6.45, 7) is 10.5. The lowest BCUT2D eigenvalue weighted by molar-refractivity contribution is -0.122. The van der Waals surface area contributed by atoms with Gasteiger partial charge in [-0.2, -0.15) is 0 Å². The molecule has 1 N–H and O–H groups in total. The van der Waals surface area contributed by atoms with Crippen LogP contribution in [0.25, 0.3) is 6.08 Å². The molecule has 7 heteroatoms. The van der Waals surface area contributed by atoms with Crippen LogP contribution in [0, 0.1) is 13.8 Å². The van der Waals surface area contributed by atoms with Crippen molar-refractivity contribution >= 4 is 51.2 Å². The summed E-state index contributed by atoms with van der Waals surface area (Å²) >= 11 is 3.40. The summed E-state index contributed by atoms with van der Waals surface area (Å²) in [5.41, 5.74) is 5.29. The quantitative estimate of drug-likeness (QED) is 0.431. The van der Waals surface area contributed by atoms with Gasteiger partial charge in [-0.05, 0) is 98.7 Å². The number of anilines is 2. The van der Waals surface area contributed by atoms with Crippen molar-refractivity contribution in [1.82, 2.24) is 5.32 Å². The highest BCUT2D eigenvalue weighted by atomic mass is 79.9. The summed E-state index contributed by atoms with van der Waals surface area (Å²) in [5, 5.41) is 2.32. The van der Waals surface area contributed by atoms with Gasteiger partial charge < -0.3 is 4.90 Å². The van der Waals surface area contributed by atoms with Gasteiger partial charge >= 0.3 is 6.03 Å². The number of hydrogen-bond acceptors (Lipinski definition) is 4. The number of hydrogen-bond donors (Lipinski definition) is 1. The van der Waals surface area contributed by atoms with Crippen molar-refractivity contribution in [3.63, 3.8) is 0 Å². The smallest absolute Gasteiger partial charge is 0.335 e. The topological polar surface area (TPSA) is 69.7 Å². The molecule has 1 atom stereocenters. The normalized spacial score (nSPS) is 21.4. The Balaban J connectivity index is 1.78. The molecule has 0 radical (unpaired) electrons. The van der Waals surface area contributed by atoms with E-state index in [0.29, 0.717) is 11.6 Å². The number of nitrogens with one attached hydrogen (secondary N) is 1. The highest BCUT2D eigenvalue weighted by Gasteiger charge is 2.38. The average Bonchev–Trinajstić information content (AvgIpc) is 2.71. The molecule has 6 nitrogen and oxygen atoms in total. The van der Waals surface area contributed by atoms with Gasteiger partial charge in [-0.1, -0.05) is 22.9 Å². The molecule has 2 aromatic carbocycles. The van der Waals surface area contributed by atoms with Gasteiger partial charge in [0.25, 0.3) is 11.8 Å². The lowest BCUT2D eigenvalue weighted by atomic mass is 9.79. The Kier molecular flexibility index (Phi) is 5.73. The molecular weight excluding hydrogens is 482 g/mol. The number of fused-ring (bicyclic) bond motifs is 1. The molecule has 2 aliphatic heterocycles. The van der Waals surface area contributed by atoms with Gasteiger partial charge in [0.05, 0.1) is 5.69 Å². The molecule has 0 aromatic heterocycles. The molecule has 0 unspecified atom stereocenters. The number of rotatable bonds is 2. The van der Waals surface area contributed by atoms with Crippen LogP contribution in [0.15, 0.2) is 40.4 Å². The first-order valence-corrected chi connectivity index (χ1v) is 11.8. The van der Waals surface area contributed by atoms with Crippen LogP contribution in [-0.2, 0) is 9.59 Å². The first-order valence-electron chi connectivity index (χ1n) is 11.0. The van der Waals surface area contributed by atoms with Crippen LogP contribution >= 0.6 is 15.9 Å². The number of amides is 4. The van der Waals surface area contributed by atoms with Gasteiger partial charge in [-0.3, -0.25) is 14.9 Å². The first-order chi connectivity index (χ1) is 15.4. The molecule has 2 aliphatic rings. The number of aryl methyl sites for hydroxylation is 2. The lowest BCUT2D eigenvalue weighted by Crippen LogP contribution is -2.54. The van der Waals surface area contributed by atoms with Crippen LogP contribution in [0.5, 0.6) is 0 Å². The average molecular weight is 510 g/mol. The lowest BCUT2D eigenvalue weighted by Gasteiger charge is -2.45. The van der Waals surface area contributed by atoms with Crippen LogP contribution in [-0.4, -0.2) is 30.4 Å². The standard InChI is InChI=1S/C26H28BrN3O3/c1-14-10-22-19(16(3)13-26(4,5)29(22)6)11-17(14)12-20-23(31)28-25(33)30(24(20)32)21-8-7-18(27)9-15(21)2/h7-12,16H,13H2,1-6H3,(H,28,31,33)/b20-12+/t16-/m0/s1. The molecule has 0 saturated carbocycles. The number of benzene rings is 2. The number of nitrogens with zero attached hydrogens (tertiary/aromatic N) is 2. The Morgan fingerprint density at radius 3 is 2.42 bits per heavy atom. The Hall–Kier alpha value is -2.93. The third-order valence-electron chi connectivity index (χ3n) is 6.82. The van der Waals surface area contributed by atoms with Crippen molar-refractivity contribution in [3.8, 4) is 0 Å². The monoisotopic (exact) mass is 509 g/mol. The number of barbiturate groups is 1. The van der Waals surface area contributed by atoms with E-state index >= 15 is 0 Å². The van der Waals surface area contributed by atoms with Crippen LogP contribution < -0.4 is 15.1 Å². The molecule has 0 bridgehead atoms. The molecule has 4 rings (SSSR count). The summed E-state index contributed by atoms with van der Waals surface area (Å²) in [7, 11) is 2.10. The summed E-state index contributed by atoms with van der Waals surface area (Å²) in [6, 6.07) is 8.71. The van der Waals surface area contributed by atoms with E-state index < -0.39 is 17.8 Å². The summed E-state index contributed by atoms with van der Waals surface area (Å²) in [5.74, 6) is -0.972. The van der Waals surface area contributed by atoms with Crippen molar-refractivity contribution in [2.45, 2.75) is 52.5 Å². The first kappa shape index (κ1) is 23.2. The van der Waals surface area contributed by atoms with Gasteiger partial charge in [0.15, 0.2) is 0 Å². The third kappa shape index (κ3) is 3.99. The fourth-order valence-electron chi connectivity index (χ4n) is 4.79. The molecule has 1 saturated heterocycles. The number of urea groups is 1. The van der Waals surface area contributed by atoms with E-state index in [-0.39, 0.29) is 11.1 Å². The van der Waals surface area contributed by atoms with E-state index in [4.69, 9.17) is 0 Å². The molecule has 33 heavy (non-hydrogen) atoms. The maximum Gasteiger partial charge on any atom is 0.335 e. The number of carbonyl (C=O) groups excluding carboxylic acids is 3. The van der Waals surface area contributed by atoms with Crippen molar-refractivity contribution in [1.29, 1.82) is 0 Å². The van der Waals surface area contributed by atoms with Crippen LogP contribution in [0.3, 0.4) is 0 Å². The minimum atomic E-state index is -0.743. The summed E-state index contributed by atoms with van der Waals surface area (Å²) < 4.78 is 0.840. The van der Waals surface area contributed by atoms with Crippen molar-refractivity contribution in [2.24, 2.45) is 0 Å². The van der Waals surface area contributed by atoms with E-state index in [1.807, 2.05) is 19.9 Å². The second kappa shape index (κ2) is 8.13. The van der Waals surface area contributed by atoms with Crippen molar-refractivity contribution in [2.75, 3.05) is 16.8 Å². The second-order valence-corrected chi connectivity index (χ2v) is 10.5. The zero-order valence-corrected chi connectivity index (χ0v) is 21.3. The number of carbonyl (C=O) groups is 3. The minimum Gasteiger partial charge on any atom is -0.369 e. The minimum absolute atomic E-state index is 0.0431. The van der Waals surface area contributed by atoms with Crippen LogP contribution in [0.1, 0.15) is 55.4 Å². The van der Waals surface area contributed by atoms with Crippen LogP contribution in [0.4, 0.5) is 16.2 Å². The molecule has 0 aliphatic carbocycles. The molecule has 172 valence electrons. The van der Waals surface area contributed by atoms with Gasteiger partial charge in [0, 0.05) is 22.7 Å². The number of imide groups is 2. The predicted molar refractivity (Wildman–Crippen MR) is 135 cm³/mol. The van der Waals surface area contributed by atoms with E-state index in [0.717, 1.165) is 32.5 Å². The fraction of sp³-hybridized carbons (Fsp3) is 0.346. The van der Waals surface area contributed by atoms with E-state index in [9.17, 15) is 14.4 Å². The van der Waals surface area contributed by atoms with Gasteiger partial charge in [-0.15, -0.1) is 0 Å². The Bertz CT molecular complexity index is 1230. The molecular formula is C26H28BrN3O3. The van der Waals surface area contributed by atoms with Gasteiger partial charge in [0.1, 0.15) is 5.57 Å². The van der Waals surface area contributed by atoms with E-state index in [2.05, 4.69) is 66.1 Å². The van der Waals surface area contributed by atoms with E-state index in [1.165, 1.54) is 11.3 Å². The second-order valence-electron chi connectivity index (χ2n) is 9.63. The largest absolute Gasteiger partial charge is 0.369 e. The maximum atomic E-state index is 13.3.